The molecule has 2 fully saturated rings. The maximum absolute atomic E-state index is 12.8. The van der Waals surface area contributed by atoms with Gasteiger partial charge in [0.25, 0.3) is 5.91 Å². The van der Waals surface area contributed by atoms with Crippen molar-refractivity contribution in [1.29, 1.82) is 0 Å². The molecule has 7 nitrogen and oxygen atoms in total. The van der Waals surface area contributed by atoms with Gasteiger partial charge in [-0.2, -0.15) is 0 Å². The van der Waals surface area contributed by atoms with E-state index >= 15 is 0 Å². The van der Waals surface area contributed by atoms with Crippen molar-refractivity contribution in [3.8, 4) is 11.5 Å². The van der Waals surface area contributed by atoms with Crippen LogP contribution >= 0.6 is 11.3 Å². The lowest BCUT2D eigenvalue weighted by molar-refractivity contribution is 0.102. The molecule has 0 bridgehead atoms. The molecule has 4 heterocycles. The highest BCUT2D eigenvalue weighted by atomic mass is 32.1. The van der Waals surface area contributed by atoms with Gasteiger partial charge in [0.2, 0.25) is 0 Å². The van der Waals surface area contributed by atoms with Gasteiger partial charge in [0.05, 0.1) is 22.4 Å². The Morgan fingerprint density at radius 3 is 2.77 bits per heavy atom. The fraction of sp³-hybridized carbons (Fsp3) is 0.364. The standard InChI is InChI=1S/C22H21N3O4S/c26-20(23-15-2-3-17-18(12-15)29-10-9-28-17)14-1-4-19-16(11-14)24-21(30-19)25-7-5-22(25)6-8-27-13-22/h1-4,11-12H,5-10,13H2,(H,23,26). The molecule has 2 saturated heterocycles. The number of carbonyl (C=O) groups excluding carboxylic acids is 1. The van der Waals surface area contributed by atoms with E-state index in [0.717, 1.165) is 47.9 Å². The largest absolute Gasteiger partial charge is 0.486 e. The Bertz CT molecular complexity index is 1140. The number of nitrogens with zero attached hydrogens (tertiary/aromatic N) is 2. The maximum Gasteiger partial charge on any atom is 0.255 e. The maximum atomic E-state index is 12.8. The molecule has 0 aliphatic carbocycles. The molecule has 1 N–H and O–H groups in total. The second-order valence-corrected chi connectivity index (χ2v) is 8.93. The highest BCUT2D eigenvalue weighted by Gasteiger charge is 2.48. The first-order valence-corrected chi connectivity index (χ1v) is 11.0. The number of thiazole rings is 1. The van der Waals surface area contributed by atoms with E-state index in [-0.39, 0.29) is 11.4 Å². The Kier molecular flexibility index (Phi) is 4.10. The lowest BCUT2D eigenvalue weighted by Crippen LogP contribution is -2.60. The van der Waals surface area contributed by atoms with E-state index in [1.807, 2.05) is 30.3 Å². The predicted octanol–water partition coefficient (Wildman–Crippen LogP) is 3.69. The van der Waals surface area contributed by atoms with Gasteiger partial charge in [0.15, 0.2) is 16.6 Å². The first kappa shape index (κ1) is 18.0. The first-order chi connectivity index (χ1) is 14.7. The fourth-order valence-corrected chi connectivity index (χ4v) is 5.42. The van der Waals surface area contributed by atoms with Crippen LogP contribution in [-0.2, 0) is 4.74 Å². The van der Waals surface area contributed by atoms with Crippen LogP contribution in [-0.4, -0.2) is 49.4 Å². The summed E-state index contributed by atoms with van der Waals surface area (Å²) in [4.78, 5) is 20.0. The zero-order valence-corrected chi connectivity index (χ0v) is 17.2. The smallest absolute Gasteiger partial charge is 0.255 e. The Labute approximate surface area is 177 Å². The van der Waals surface area contributed by atoms with Gasteiger partial charge in [-0.15, -0.1) is 0 Å². The van der Waals surface area contributed by atoms with Gasteiger partial charge in [0.1, 0.15) is 13.2 Å². The molecule has 1 unspecified atom stereocenters. The summed E-state index contributed by atoms with van der Waals surface area (Å²) in [6.07, 6.45) is 2.22. The molecule has 2 aromatic carbocycles. The Morgan fingerprint density at radius 1 is 1.07 bits per heavy atom. The minimum Gasteiger partial charge on any atom is -0.486 e. The first-order valence-electron chi connectivity index (χ1n) is 10.2. The minimum atomic E-state index is -0.173. The lowest BCUT2D eigenvalue weighted by atomic mass is 9.85. The molecule has 1 spiro atoms. The second-order valence-electron chi connectivity index (χ2n) is 7.92. The molecule has 1 amide bonds. The Balaban J connectivity index is 1.23. The highest BCUT2D eigenvalue weighted by Crippen LogP contribution is 2.44. The molecule has 0 saturated carbocycles. The fourth-order valence-electron chi connectivity index (χ4n) is 4.34. The van der Waals surface area contributed by atoms with E-state index < -0.39 is 0 Å². The van der Waals surface area contributed by atoms with Gasteiger partial charge < -0.3 is 24.4 Å². The number of hydrogen-bond donors (Lipinski definition) is 1. The van der Waals surface area contributed by atoms with Crippen LogP contribution in [0.4, 0.5) is 10.8 Å². The minimum absolute atomic E-state index is 0.131. The molecule has 1 aromatic heterocycles. The number of amides is 1. The van der Waals surface area contributed by atoms with Crippen LogP contribution in [0, 0.1) is 0 Å². The van der Waals surface area contributed by atoms with Crippen molar-refractivity contribution in [2.24, 2.45) is 0 Å². The summed E-state index contributed by atoms with van der Waals surface area (Å²) in [6, 6.07) is 11.1. The number of carbonyl (C=O) groups is 1. The molecule has 1 atom stereocenters. The molecule has 154 valence electrons. The van der Waals surface area contributed by atoms with E-state index in [1.165, 1.54) is 0 Å². The van der Waals surface area contributed by atoms with E-state index in [2.05, 4.69) is 10.2 Å². The van der Waals surface area contributed by atoms with Crippen molar-refractivity contribution in [2.45, 2.75) is 18.4 Å². The van der Waals surface area contributed by atoms with Crippen LogP contribution in [0.15, 0.2) is 36.4 Å². The van der Waals surface area contributed by atoms with Crippen LogP contribution < -0.4 is 19.7 Å². The summed E-state index contributed by atoms with van der Waals surface area (Å²) in [6.45, 7) is 3.68. The summed E-state index contributed by atoms with van der Waals surface area (Å²) in [7, 11) is 0. The SMILES string of the molecule is O=C(Nc1ccc2c(c1)OCCO2)c1ccc2sc(N3CCC34CCOC4)nc2c1. The van der Waals surface area contributed by atoms with Crippen molar-refractivity contribution in [3.05, 3.63) is 42.0 Å². The average Bonchev–Trinajstić information content (AvgIpc) is 3.41. The number of fused-ring (bicyclic) bond motifs is 2. The van der Waals surface area contributed by atoms with Gasteiger partial charge in [-0.3, -0.25) is 4.79 Å². The topological polar surface area (TPSA) is 72.9 Å². The van der Waals surface area contributed by atoms with E-state index in [4.69, 9.17) is 19.2 Å². The number of hydrogen-bond acceptors (Lipinski definition) is 7. The average molecular weight is 423 g/mol. The quantitative estimate of drug-likeness (QED) is 0.693. The molecule has 3 aromatic rings. The van der Waals surface area contributed by atoms with Crippen molar-refractivity contribution >= 4 is 38.3 Å². The number of nitrogens with one attached hydrogen (secondary N) is 1. The third-order valence-electron chi connectivity index (χ3n) is 6.13. The van der Waals surface area contributed by atoms with Crippen LogP contribution in [0.3, 0.4) is 0 Å². The summed E-state index contributed by atoms with van der Waals surface area (Å²) < 4.78 is 17.8. The van der Waals surface area contributed by atoms with E-state index in [1.54, 1.807) is 17.4 Å². The monoisotopic (exact) mass is 423 g/mol. The molecule has 8 heteroatoms. The van der Waals surface area contributed by atoms with Gasteiger partial charge in [-0.25, -0.2) is 4.98 Å². The van der Waals surface area contributed by atoms with Crippen LogP contribution in [0.2, 0.25) is 0 Å². The molecular weight excluding hydrogens is 402 g/mol. The molecular formula is C22H21N3O4S. The van der Waals surface area contributed by atoms with Crippen molar-refractivity contribution in [1.82, 2.24) is 4.98 Å². The van der Waals surface area contributed by atoms with Gasteiger partial charge in [0, 0.05) is 30.5 Å². The molecule has 3 aliphatic heterocycles. The number of aromatic nitrogens is 1. The van der Waals surface area contributed by atoms with Crippen LogP contribution in [0.5, 0.6) is 11.5 Å². The van der Waals surface area contributed by atoms with Gasteiger partial charge >= 0.3 is 0 Å². The van der Waals surface area contributed by atoms with Crippen molar-refractivity contribution in [2.75, 3.05) is 43.2 Å². The summed E-state index contributed by atoms with van der Waals surface area (Å²) in [5.74, 6) is 1.18. The third kappa shape index (κ3) is 2.90. The predicted molar refractivity (Wildman–Crippen MR) is 115 cm³/mol. The summed E-state index contributed by atoms with van der Waals surface area (Å²) in [5.41, 5.74) is 2.24. The molecule has 0 radical (unpaired) electrons. The van der Waals surface area contributed by atoms with Gasteiger partial charge in [-0.1, -0.05) is 11.3 Å². The van der Waals surface area contributed by atoms with E-state index in [0.29, 0.717) is 36.0 Å². The number of rotatable bonds is 3. The second kappa shape index (κ2) is 6.85. The normalized spacial score (nSPS) is 22.3. The highest BCUT2D eigenvalue weighted by molar-refractivity contribution is 7.22. The zero-order valence-electron chi connectivity index (χ0n) is 16.3. The van der Waals surface area contributed by atoms with Gasteiger partial charge in [-0.05, 0) is 43.2 Å². The van der Waals surface area contributed by atoms with Crippen molar-refractivity contribution < 1.29 is 19.0 Å². The molecule has 30 heavy (non-hydrogen) atoms. The van der Waals surface area contributed by atoms with Crippen molar-refractivity contribution in [3.63, 3.8) is 0 Å². The summed E-state index contributed by atoms with van der Waals surface area (Å²) in [5, 5.41) is 3.96. The number of ether oxygens (including phenoxy) is 3. The summed E-state index contributed by atoms with van der Waals surface area (Å²) >= 11 is 1.68. The van der Waals surface area contributed by atoms with E-state index in [9.17, 15) is 4.79 Å². The molecule has 6 rings (SSSR count). The number of anilines is 2. The van der Waals surface area contributed by atoms with Crippen LogP contribution in [0.25, 0.3) is 10.2 Å². The third-order valence-corrected chi connectivity index (χ3v) is 7.18. The van der Waals surface area contributed by atoms with Crippen LogP contribution in [0.1, 0.15) is 23.2 Å². The number of benzene rings is 2. The molecule has 3 aliphatic rings. The Morgan fingerprint density at radius 2 is 1.97 bits per heavy atom. The lowest BCUT2D eigenvalue weighted by Gasteiger charge is -2.49. The zero-order chi connectivity index (χ0) is 20.1. The Hall–Kier alpha value is -2.84.